The summed E-state index contributed by atoms with van der Waals surface area (Å²) < 4.78 is 5.79. The minimum absolute atomic E-state index is 0.0266. The zero-order valence-corrected chi connectivity index (χ0v) is 7.34. The second-order valence-corrected chi connectivity index (χ2v) is 3.99. The molecule has 1 nitrogen and oxygen atoms in total. The summed E-state index contributed by atoms with van der Waals surface area (Å²) in [5, 5.41) is 0. The van der Waals surface area contributed by atoms with Gasteiger partial charge in [-0.3, -0.25) is 0 Å². The lowest BCUT2D eigenvalue weighted by Crippen LogP contribution is -2.32. The molecule has 60 valence electrons. The fourth-order valence-electron chi connectivity index (χ4n) is 2.83. The second-order valence-electron chi connectivity index (χ2n) is 3.99. The molecule has 2 radical (unpaired) electrons. The van der Waals surface area contributed by atoms with Crippen LogP contribution in [0.15, 0.2) is 0 Å². The van der Waals surface area contributed by atoms with E-state index in [-0.39, 0.29) is 11.6 Å². The Balaban J connectivity index is 2.24. The van der Waals surface area contributed by atoms with Gasteiger partial charge in [0.2, 0.25) is 0 Å². The van der Waals surface area contributed by atoms with Crippen molar-refractivity contribution in [3.8, 4) is 0 Å². The minimum Gasteiger partial charge on any atom is -0.381 e. The lowest BCUT2D eigenvalue weighted by atomic mass is 9.81. The number of hydrogen-bond donors (Lipinski definition) is 0. The largest absolute Gasteiger partial charge is 0.381 e. The molecule has 0 aromatic carbocycles. The van der Waals surface area contributed by atoms with Crippen molar-refractivity contribution in [3.05, 3.63) is 0 Å². The molecule has 1 heterocycles. The molecular formula is C9H15BO. The van der Waals surface area contributed by atoms with Crippen molar-refractivity contribution in [1.82, 2.24) is 0 Å². The molecule has 2 aliphatic rings. The van der Waals surface area contributed by atoms with E-state index in [4.69, 9.17) is 12.6 Å². The van der Waals surface area contributed by atoms with Crippen molar-refractivity contribution in [3.63, 3.8) is 0 Å². The normalized spacial score (nSPS) is 55.3. The van der Waals surface area contributed by atoms with Gasteiger partial charge in [0.15, 0.2) is 0 Å². The van der Waals surface area contributed by atoms with Crippen molar-refractivity contribution in [1.29, 1.82) is 0 Å². The Hall–Kier alpha value is 0.0249. The van der Waals surface area contributed by atoms with Crippen LogP contribution in [0.5, 0.6) is 0 Å². The van der Waals surface area contributed by atoms with Crippen LogP contribution in [0.3, 0.4) is 0 Å². The Kier molecular flexibility index (Phi) is 1.57. The van der Waals surface area contributed by atoms with Gasteiger partial charge in [-0.15, -0.1) is 0 Å². The molecule has 2 fully saturated rings. The van der Waals surface area contributed by atoms with Crippen LogP contribution in [-0.4, -0.2) is 19.5 Å². The Morgan fingerprint density at radius 3 is 2.64 bits per heavy atom. The first-order chi connectivity index (χ1) is 5.19. The molecule has 0 aromatic heterocycles. The molecule has 11 heavy (non-hydrogen) atoms. The SMILES string of the molecule is [B][C@@H]1O[C@@]2(CC)CC[C@@H]1C2C. The van der Waals surface area contributed by atoms with E-state index < -0.39 is 0 Å². The highest BCUT2D eigenvalue weighted by atomic mass is 16.5. The van der Waals surface area contributed by atoms with E-state index in [0.717, 1.165) is 6.42 Å². The third-order valence-electron chi connectivity index (χ3n) is 3.76. The molecule has 2 rings (SSSR count). The highest BCUT2D eigenvalue weighted by Gasteiger charge is 2.54. The quantitative estimate of drug-likeness (QED) is 0.517. The summed E-state index contributed by atoms with van der Waals surface area (Å²) in [5.41, 5.74) is 0.157. The minimum atomic E-state index is 0.0266. The van der Waals surface area contributed by atoms with E-state index in [1.54, 1.807) is 0 Å². The summed E-state index contributed by atoms with van der Waals surface area (Å²) >= 11 is 0. The van der Waals surface area contributed by atoms with E-state index in [2.05, 4.69) is 13.8 Å². The first-order valence-corrected chi connectivity index (χ1v) is 4.63. The second kappa shape index (κ2) is 2.26. The smallest absolute Gasteiger partial charge is 0.109 e. The summed E-state index contributed by atoms with van der Waals surface area (Å²) in [7, 11) is 5.85. The Bertz CT molecular complexity index is 171. The lowest BCUT2D eigenvalue weighted by molar-refractivity contribution is -0.0489. The van der Waals surface area contributed by atoms with Crippen molar-refractivity contribution >= 4 is 7.85 Å². The molecule has 1 aliphatic heterocycles. The van der Waals surface area contributed by atoms with Crippen LogP contribution in [-0.2, 0) is 4.74 Å². The summed E-state index contributed by atoms with van der Waals surface area (Å²) in [6.45, 7) is 4.49. The Labute approximate surface area is 69.9 Å². The first-order valence-electron chi connectivity index (χ1n) is 4.63. The summed E-state index contributed by atoms with van der Waals surface area (Å²) in [6.07, 6.45) is 3.62. The van der Waals surface area contributed by atoms with E-state index in [9.17, 15) is 0 Å². The van der Waals surface area contributed by atoms with Crippen LogP contribution in [0, 0.1) is 11.8 Å². The molecule has 0 N–H and O–H groups in total. The standard InChI is InChI=1S/C9H15BO/c1-3-9-5-4-7(6(9)2)8(10)11-9/h6-8H,3-5H2,1-2H3/t6?,7-,8-,9+/m1/s1. The first kappa shape index (κ1) is 7.66. The van der Waals surface area contributed by atoms with E-state index in [0.29, 0.717) is 11.8 Å². The van der Waals surface area contributed by atoms with Gasteiger partial charge in [-0.1, -0.05) is 13.8 Å². The monoisotopic (exact) mass is 150 g/mol. The van der Waals surface area contributed by atoms with Crippen molar-refractivity contribution in [2.24, 2.45) is 11.8 Å². The molecule has 2 bridgehead atoms. The highest BCUT2D eigenvalue weighted by Crippen LogP contribution is 2.53. The summed E-state index contributed by atoms with van der Waals surface area (Å²) in [4.78, 5) is 0. The lowest BCUT2D eigenvalue weighted by Gasteiger charge is -2.30. The van der Waals surface area contributed by atoms with Gasteiger partial charge in [0.1, 0.15) is 7.85 Å². The van der Waals surface area contributed by atoms with Gasteiger partial charge < -0.3 is 4.74 Å². The maximum atomic E-state index is 5.85. The van der Waals surface area contributed by atoms with Gasteiger partial charge in [-0.2, -0.15) is 0 Å². The maximum absolute atomic E-state index is 5.85. The Morgan fingerprint density at radius 2 is 2.36 bits per heavy atom. The van der Waals surface area contributed by atoms with Gasteiger partial charge in [0.25, 0.3) is 0 Å². The predicted octanol–water partition coefficient (Wildman–Crippen LogP) is 1.71. The fourth-order valence-corrected chi connectivity index (χ4v) is 2.83. The van der Waals surface area contributed by atoms with Crippen molar-refractivity contribution in [2.75, 3.05) is 0 Å². The average Bonchev–Trinajstić information content (AvgIpc) is 2.42. The summed E-state index contributed by atoms with van der Waals surface area (Å²) in [6, 6.07) is 0.0266. The molecule has 2 heteroatoms. The van der Waals surface area contributed by atoms with Gasteiger partial charge in [-0.25, -0.2) is 0 Å². The van der Waals surface area contributed by atoms with Crippen LogP contribution in [0.2, 0.25) is 0 Å². The third kappa shape index (κ3) is 0.822. The van der Waals surface area contributed by atoms with Gasteiger partial charge in [0.05, 0.1) is 5.60 Å². The summed E-state index contributed by atoms with van der Waals surface area (Å²) in [5.74, 6) is 1.32. The van der Waals surface area contributed by atoms with E-state index in [1.807, 2.05) is 0 Å². The van der Waals surface area contributed by atoms with Crippen molar-refractivity contribution < 1.29 is 4.74 Å². The molecule has 0 aromatic rings. The molecule has 0 amide bonds. The Morgan fingerprint density at radius 1 is 1.64 bits per heavy atom. The fraction of sp³-hybridized carbons (Fsp3) is 1.00. The van der Waals surface area contributed by atoms with Gasteiger partial charge >= 0.3 is 0 Å². The molecule has 1 aliphatic carbocycles. The molecule has 1 saturated carbocycles. The predicted molar refractivity (Wildman–Crippen MR) is 45.5 cm³/mol. The topological polar surface area (TPSA) is 9.23 Å². The molecule has 1 unspecified atom stereocenters. The van der Waals surface area contributed by atoms with Crippen LogP contribution in [0.25, 0.3) is 0 Å². The van der Waals surface area contributed by atoms with Crippen LogP contribution in [0.1, 0.15) is 33.1 Å². The van der Waals surface area contributed by atoms with Gasteiger partial charge in [0, 0.05) is 6.00 Å². The average molecular weight is 150 g/mol. The van der Waals surface area contributed by atoms with Crippen LogP contribution < -0.4 is 0 Å². The molecule has 0 spiro atoms. The van der Waals surface area contributed by atoms with Crippen molar-refractivity contribution in [2.45, 2.75) is 44.7 Å². The molecule has 1 saturated heterocycles. The van der Waals surface area contributed by atoms with Crippen LogP contribution in [0.4, 0.5) is 0 Å². The third-order valence-corrected chi connectivity index (χ3v) is 3.76. The zero-order valence-electron chi connectivity index (χ0n) is 7.34. The number of hydrogen-bond acceptors (Lipinski definition) is 1. The van der Waals surface area contributed by atoms with E-state index in [1.165, 1.54) is 12.8 Å². The highest BCUT2D eigenvalue weighted by molar-refractivity contribution is 6.11. The number of fused-ring (bicyclic) bond motifs is 2. The van der Waals surface area contributed by atoms with E-state index >= 15 is 0 Å². The number of rotatable bonds is 1. The molecule has 4 atom stereocenters. The number of ether oxygens (including phenoxy) is 1. The van der Waals surface area contributed by atoms with Crippen LogP contribution >= 0.6 is 0 Å². The van der Waals surface area contributed by atoms with Gasteiger partial charge in [-0.05, 0) is 31.1 Å². The maximum Gasteiger partial charge on any atom is 0.109 e. The molecular weight excluding hydrogens is 135 g/mol. The zero-order chi connectivity index (χ0) is 8.06.